The first-order chi connectivity index (χ1) is 13.4. The number of carbonyl (C=O) groups is 1. The molecule has 2 atom stereocenters. The fraction of sp³-hybridized carbons (Fsp3) is 0.429. The van der Waals surface area contributed by atoms with Crippen LogP contribution in [0, 0.1) is 0 Å². The maximum atomic E-state index is 12.6. The zero-order valence-electron chi connectivity index (χ0n) is 15.4. The van der Waals surface area contributed by atoms with Crippen LogP contribution >= 0.6 is 0 Å². The van der Waals surface area contributed by atoms with Gasteiger partial charge in [0.2, 0.25) is 5.91 Å². The van der Waals surface area contributed by atoms with Crippen molar-refractivity contribution in [3.05, 3.63) is 65.5 Å². The van der Waals surface area contributed by atoms with Crippen molar-refractivity contribution in [3.8, 4) is 0 Å². The first-order valence-electron chi connectivity index (χ1n) is 9.50. The molecule has 3 aliphatic rings. The largest absolute Gasteiger partial charge is 0.433 e. The molecular weight excluding hydrogens is 367 g/mol. The topological polar surface area (TPSA) is 36.4 Å². The van der Waals surface area contributed by atoms with Crippen molar-refractivity contribution >= 4 is 5.91 Å². The van der Waals surface area contributed by atoms with E-state index in [1.807, 2.05) is 35.2 Å². The van der Waals surface area contributed by atoms with E-state index in [0.717, 1.165) is 43.1 Å². The lowest BCUT2D eigenvalue weighted by Crippen LogP contribution is -2.69. The summed E-state index contributed by atoms with van der Waals surface area (Å²) in [5.74, 6) is 0.195. The molecule has 1 aromatic carbocycles. The molecule has 0 saturated carbocycles. The van der Waals surface area contributed by atoms with Gasteiger partial charge in [0.1, 0.15) is 5.69 Å². The number of benzene rings is 1. The van der Waals surface area contributed by atoms with Gasteiger partial charge >= 0.3 is 6.18 Å². The fourth-order valence-electron chi connectivity index (χ4n) is 4.20. The van der Waals surface area contributed by atoms with Crippen LogP contribution < -0.4 is 0 Å². The van der Waals surface area contributed by atoms with Crippen LogP contribution in [-0.2, 0) is 23.9 Å². The Bertz CT molecular complexity index is 811. The number of nitrogens with zero attached hydrogens (tertiary/aromatic N) is 3. The zero-order valence-corrected chi connectivity index (χ0v) is 15.4. The van der Waals surface area contributed by atoms with Gasteiger partial charge in [0.15, 0.2) is 0 Å². The molecule has 3 fully saturated rings. The molecule has 2 aromatic rings. The Kier molecular flexibility index (Phi) is 5.10. The number of piperazine rings is 1. The SMILES string of the molecule is O=C(CCc1ccccc1)N1C2CC1CN(Cc1ccc(C(F)(F)F)nc1)C2. The number of alkyl halides is 3. The molecule has 4 nitrogen and oxygen atoms in total. The van der Waals surface area contributed by atoms with Crippen LogP contribution in [0.5, 0.6) is 0 Å². The third kappa shape index (κ3) is 4.04. The third-order valence-electron chi connectivity index (χ3n) is 5.55. The van der Waals surface area contributed by atoms with Crippen LogP contribution in [0.25, 0.3) is 0 Å². The van der Waals surface area contributed by atoms with Gasteiger partial charge < -0.3 is 4.90 Å². The lowest BCUT2D eigenvalue weighted by molar-refractivity contribution is -0.154. The molecular formula is C21H22F3N3O. The number of rotatable bonds is 5. The van der Waals surface area contributed by atoms with Gasteiger partial charge in [0.25, 0.3) is 0 Å². The highest BCUT2D eigenvalue weighted by Crippen LogP contribution is 2.34. The summed E-state index contributed by atoms with van der Waals surface area (Å²) in [7, 11) is 0. The lowest BCUT2D eigenvalue weighted by atomic mass is 9.86. The molecule has 0 aliphatic carbocycles. The summed E-state index contributed by atoms with van der Waals surface area (Å²) < 4.78 is 37.8. The molecule has 2 unspecified atom stereocenters. The lowest BCUT2D eigenvalue weighted by Gasteiger charge is -2.56. The molecule has 5 rings (SSSR count). The normalized spacial score (nSPS) is 22.0. The van der Waals surface area contributed by atoms with E-state index < -0.39 is 11.9 Å². The van der Waals surface area contributed by atoms with Crippen molar-refractivity contribution in [2.45, 2.75) is 44.1 Å². The van der Waals surface area contributed by atoms with Crippen molar-refractivity contribution in [1.29, 1.82) is 0 Å². The first-order valence-corrected chi connectivity index (χ1v) is 9.50. The summed E-state index contributed by atoms with van der Waals surface area (Å²) >= 11 is 0. The molecule has 2 bridgehead atoms. The van der Waals surface area contributed by atoms with Crippen molar-refractivity contribution in [3.63, 3.8) is 0 Å². The van der Waals surface area contributed by atoms with Gasteiger partial charge in [0, 0.05) is 44.3 Å². The monoisotopic (exact) mass is 389 g/mol. The number of amides is 1. The number of carbonyl (C=O) groups excluding carboxylic acids is 1. The van der Waals surface area contributed by atoms with Gasteiger partial charge in [0.05, 0.1) is 0 Å². The summed E-state index contributed by atoms with van der Waals surface area (Å²) in [6.45, 7) is 2.08. The van der Waals surface area contributed by atoms with Crippen molar-refractivity contribution < 1.29 is 18.0 Å². The minimum atomic E-state index is -4.41. The highest BCUT2D eigenvalue weighted by Gasteiger charge is 2.46. The quantitative estimate of drug-likeness (QED) is 0.785. The number of halogens is 3. The first kappa shape index (κ1) is 18.9. The number of hydrogen-bond donors (Lipinski definition) is 0. The second-order valence-corrected chi connectivity index (χ2v) is 7.57. The number of hydrogen-bond acceptors (Lipinski definition) is 3. The van der Waals surface area contributed by atoms with E-state index in [1.165, 1.54) is 12.3 Å². The molecule has 4 heterocycles. The van der Waals surface area contributed by atoms with E-state index in [4.69, 9.17) is 0 Å². The molecule has 0 N–H and O–H groups in total. The van der Waals surface area contributed by atoms with E-state index in [9.17, 15) is 18.0 Å². The maximum absolute atomic E-state index is 12.6. The van der Waals surface area contributed by atoms with E-state index >= 15 is 0 Å². The van der Waals surface area contributed by atoms with Crippen LogP contribution in [-0.4, -0.2) is 45.9 Å². The summed E-state index contributed by atoms with van der Waals surface area (Å²) in [6, 6.07) is 12.9. The molecule has 7 heteroatoms. The average Bonchev–Trinajstić information content (AvgIpc) is 2.67. The summed E-state index contributed by atoms with van der Waals surface area (Å²) in [5.41, 5.74) is 1.06. The summed E-state index contributed by atoms with van der Waals surface area (Å²) in [4.78, 5) is 20.3. The average molecular weight is 389 g/mol. The maximum Gasteiger partial charge on any atom is 0.433 e. The summed E-state index contributed by atoms with van der Waals surface area (Å²) in [6.07, 6.45) is -0.840. The van der Waals surface area contributed by atoms with E-state index in [2.05, 4.69) is 9.88 Å². The van der Waals surface area contributed by atoms with Crippen LogP contribution in [0.3, 0.4) is 0 Å². The molecule has 28 heavy (non-hydrogen) atoms. The van der Waals surface area contributed by atoms with Crippen molar-refractivity contribution in [2.75, 3.05) is 13.1 Å². The second-order valence-electron chi connectivity index (χ2n) is 7.57. The number of piperidine rings is 1. The molecule has 0 spiro atoms. The highest BCUT2D eigenvalue weighted by molar-refractivity contribution is 5.78. The Labute approximate surface area is 162 Å². The predicted molar refractivity (Wildman–Crippen MR) is 98.3 cm³/mol. The van der Waals surface area contributed by atoms with Gasteiger partial charge in [-0.2, -0.15) is 13.2 Å². The minimum Gasteiger partial charge on any atom is -0.334 e. The van der Waals surface area contributed by atoms with E-state index in [0.29, 0.717) is 13.0 Å². The molecule has 3 saturated heterocycles. The van der Waals surface area contributed by atoms with E-state index in [-0.39, 0.29) is 18.0 Å². The van der Waals surface area contributed by atoms with Crippen LogP contribution in [0.4, 0.5) is 13.2 Å². The number of aryl methyl sites for hydroxylation is 1. The van der Waals surface area contributed by atoms with Gasteiger partial charge in [-0.3, -0.25) is 14.7 Å². The zero-order chi connectivity index (χ0) is 19.7. The second kappa shape index (κ2) is 7.54. The van der Waals surface area contributed by atoms with Gasteiger partial charge in [-0.05, 0) is 30.0 Å². The standard InChI is InChI=1S/C21H22F3N3O/c22-21(23,24)19-8-6-16(11-25-19)12-26-13-17-10-18(14-26)27(17)20(28)9-7-15-4-2-1-3-5-15/h1-6,8,11,17-18H,7,9-10,12-14H2. The van der Waals surface area contributed by atoms with Gasteiger partial charge in [-0.15, -0.1) is 0 Å². The van der Waals surface area contributed by atoms with E-state index in [1.54, 1.807) is 0 Å². The smallest absolute Gasteiger partial charge is 0.334 e. The number of fused-ring (bicyclic) bond motifs is 2. The highest BCUT2D eigenvalue weighted by atomic mass is 19.4. The Morgan fingerprint density at radius 1 is 1.04 bits per heavy atom. The van der Waals surface area contributed by atoms with Gasteiger partial charge in [-0.25, -0.2) is 0 Å². The minimum absolute atomic E-state index is 0.195. The Balaban J connectivity index is 1.29. The van der Waals surface area contributed by atoms with Crippen LogP contribution in [0.1, 0.15) is 29.7 Å². The molecule has 1 aromatic heterocycles. The summed E-state index contributed by atoms with van der Waals surface area (Å²) in [5, 5.41) is 0. The Morgan fingerprint density at radius 3 is 2.36 bits per heavy atom. The molecule has 1 amide bonds. The molecule has 0 radical (unpaired) electrons. The van der Waals surface area contributed by atoms with Crippen molar-refractivity contribution in [2.24, 2.45) is 0 Å². The van der Waals surface area contributed by atoms with Crippen molar-refractivity contribution in [1.82, 2.24) is 14.8 Å². The van der Waals surface area contributed by atoms with Crippen LogP contribution in [0.15, 0.2) is 48.7 Å². The van der Waals surface area contributed by atoms with Crippen LogP contribution in [0.2, 0.25) is 0 Å². The number of pyridine rings is 1. The number of aromatic nitrogens is 1. The Morgan fingerprint density at radius 2 is 1.75 bits per heavy atom. The Hall–Kier alpha value is -2.41. The molecule has 148 valence electrons. The van der Waals surface area contributed by atoms with Gasteiger partial charge in [-0.1, -0.05) is 36.4 Å². The predicted octanol–water partition coefficient (Wildman–Crippen LogP) is 3.52. The fourth-order valence-corrected chi connectivity index (χ4v) is 4.20. The third-order valence-corrected chi connectivity index (χ3v) is 5.55. The molecule has 3 aliphatic heterocycles.